The second-order valence-electron chi connectivity index (χ2n) is 8.20. The van der Waals surface area contributed by atoms with E-state index < -0.39 is 0 Å². The highest BCUT2D eigenvalue weighted by Gasteiger charge is 2.32. The van der Waals surface area contributed by atoms with Crippen molar-refractivity contribution in [1.82, 2.24) is 24.2 Å². The first-order valence-corrected chi connectivity index (χ1v) is 11.3. The molecule has 0 atom stereocenters. The number of carbonyl (C=O) groups excluding carboxylic acids is 1. The third-order valence-corrected chi connectivity index (χ3v) is 6.28. The van der Waals surface area contributed by atoms with Crippen LogP contribution < -0.4 is 5.56 Å². The van der Waals surface area contributed by atoms with Gasteiger partial charge in [-0.2, -0.15) is 16.4 Å². The van der Waals surface area contributed by atoms with Crippen LogP contribution in [0.25, 0.3) is 16.7 Å². The zero-order valence-corrected chi connectivity index (χ0v) is 18.3. The van der Waals surface area contributed by atoms with E-state index in [0.717, 1.165) is 35.2 Å². The summed E-state index contributed by atoms with van der Waals surface area (Å²) in [6.45, 7) is 4.62. The second kappa shape index (κ2) is 7.77. The van der Waals surface area contributed by atoms with E-state index in [1.807, 2.05) is 42.3 Å². The van der Waals surface area contributed by atoms with E-state index in [9.17, 15) is 9.59 Å². The number of hydrogen-bond acceptors (Lipinski definition) is 5. The van der Waals surface area contributed by atoms with Crippen LogP contribution in [0.4, 0.5) is 0 Å². The third-order valence-electron chi connectivity index (χ3n) is 5.55. The van der Waals surface area contributed by atoms with Crippen molar-refractivity contribution in [2.45, 2.75) is 45.8 Å². The van der Waals surface area contributed by atoms with Crippen molar-refractivity contribution >= 4 is 28.3 Å². The number of benzene rings is 1. The van der Waals surface area contributed by atoms with Crippen LogP contribution in [0.3, 0.4) is 0 Å². The molecule has 1 aliphatic carbocycles. The van der Waals surface area contributed by atoms with Crippen molar-refractivity contribution in [3.63, 3.8) is 0 Å². The number of fused-ring (bicyclic) bond motifs is 1. The normalized spacial score (nSPS) is 13.6. The predicted molar refractivity (Wildman–Crippen MR) is 120 cm³/mol. The molecule has 5 rings (SSSR count). The number of aryl methyl sites for hydroxylation is 2. The van der Waals surface area contributed by atoms with Gasteiger partial charge in [0.25, 0.3) is 5.56 Å². The standard InChI is InChI=1S/C23H23N5O2S/c1-15-7-16(2)9-19(8-15)28-22-20(10-25-28)23(30)26(14-24-22)12-21(29)27(18-3-4-18)11-17-5-6-31-13-17/h5-10,13-14,18H,3-4,11-12H2,1-2H3. The quantitative estimate of drug-likeness (QED) is 0.467. The Morgan fingerprint density at radius 3 is 2.68 bits per heavy atom. The summed E-state index contributed by atoms with van der Waals surface area (Å²) in [5.41, 5.74) is 4.47. The van der Waals surface area contributed by atoms with Gasteiger partial charge in [-0.05, 0) is 72.3 Å². The number of amides is 1. The van der Waals surface area contributed by atoms with Gasteiger partial charge in [0.05, 0.1) is 11.9 Å². The lowest BCUT2D eigenvalue weighted by Gasteiger charge is -2.22. The van der Waals surface area contributed by atoms with Gasteiger partial charge in [-0.25, -0.2) is 9.67 Å². The summed E-state index contributed by atoms with van der Waals surface area (Å²) in [7, 11) is 0. The van der Waals surface area contributed by atoms with Crippen LogP contribution in [0.15, 0.2) is 52.3 Å². The molecule has 1 fully saturated rings. The number of thiophene rings is 1. The molecule has 4 aromatic rings. The fourth-order valence-corrected chi connectivity index (χ4v) is 4.61. The molecule has 158 valence electrons. The van der Waals surface area contributed by atoms with Crippen molar-refractivity contribution in [2.75, 3.05) is 0 Å². The summed E-state index contributed by atoms with van der Waals surface area (Å²) in [6.07, 6.45) is 5.03. The average molecular weight is 434 g/mol. The molecule has 0 unspecified atom stereocenters. The lowest BCUT2D eigenvalue weighted by Crippen LogP contribution is -2.37. The van der Waals surface area contributed by atoms with Crippen LogP contribution in [-0.4, -0.2) is 36.2 Å². The fourth-order valence-electron chi connectivity index (χ4n) is 3.95. The molecule has 1 saturated carbocycles. The molecular formula is C23H23N5O2S. The maximum Gasteiger partial charge on any atom is 0.264 e. The zero-order valence-electron chi connectivity index (χ0n) is 17.5. The van der Waals surface area contributed by atoms with Crippen molar-refractivity contribution in [1.29, 1.82) is 0 Å². The Kier molecular flexibility index (Phi) is 4.94. The maximum atomic E-state index is 13.1. The molecule has 31 heavy (non-hydrogen) atoms. The van der Waals surface area contributed by atoms with E-state index in [1.54, 1.807) is 16.0 Å². The topological polar surface area (TPSA) is 73.0 Å². The first-order valence-electron chi connectivity index (χ1n) is 10.3. The Bertz CT molecular complexity index is 1300. The van der Waals surface area contributed by atoms with Gasteiger partial charge in [-0.3, -0.25) is 14.2 Å². The first-order chi connectivity index (χ1) is 15.0. The number of rotatable bonds is 6. The molecule has 1 aliphatic rings. The molecule has 0 spiro atoms. The van der Waals surface area contributed by atoms with Crippen molar-refractivity contribution in [2.24, 2.45) is 0 Å². The smallest absolute Gasteiger partial charge is 0.264 e. The van der Waals surface area contributed by atoms with Crippen molar-refractivity contribution in [3.8, 4) is 5.69 Å². The minimum absolute atomic E-state index is 0.0167. The van der Waals surface area contributed by atoms with E-state index in [1.165, 1.54) is 17.1 Å². The fraction of sp³-hybridized carbons (Fsp3) is 0.304. The molecule has 0 radical (unpaired) electrons. The number of nitrogens with zero attached hydrogens (tertiary/aromatic N) is 5. The van der Waals surface area contributed by atoms with E-state index in [-0.39, 0.29) is 24.1 Å². The Labute approximate surface area is 183 Å². The van der Waals surface area contributed by atoms with Gasteiger partial charge in [-0.1, -0.05) is 6.07 Å². The average Bonchev–Trinajstić information content (AvgIpc) is 3.25. The first kappa shape index (κ1) is 19.7. The van der Waals surface area contributed by atoms with Crippen LogP contribution in [0, 0.1) is 13.8 Å². The number of hydrogen-bond donors (Lipinski definition) is 0. The largest absolute Gasteiger partial charge is 0.334 e. The zero-order chi connectivity index (χ0) is 21.5. The summed E-state index contributed by atoms with van der Waals surface area (Å²) in [6, 6.07) is 8.41. The summed E-state index contributed by atoms with van der Waals surface area (Å²) in [5, 5.41) is 8.88. The van der Waals surface area contributed by atoms with Crippen LogP contribution in [0.1, 0.15) is 29.5 Å². The van der Waals surface area contributed by atoms with Gasteiger partial charge in [0.1, 0.15) is 18.3 Å². The van der Waals surface area contributed by atoms with Gasteiger partial charge in [-0.15, -0.1) is 0 Å². The monoisotopic (exact) mass is 433 g/mol. The Morgan fingerprint density at radius 1 is 1.23 bits per heavy atom. The van der Waals surface area contributed by atoms with Gasteiger partial charge in [0.2, 0.25) is 5.91 Å². The molecule has 0 N–H and O–H groups in total. The predicted octanol–water partition coefficient (Wildman–Crippen LogP) is 3.45. The number of carbonyl (C=O) groups is 1. The van der Waals surface area contributed by atoms with Crippen molar-refractivity contribution in [3.05, 3.63) is 74.6 Å². The molecule has 3 aromatic heterocycles. The highest BCUT2D eigenvalue weighted by molar-refractivity contribution is 7.07. The Balaban J connectivity index is 1.44. The van der Waals surface area contributed by atoms with Crippen LogP contribution in [0.5, 0.6) is 0 Å². The highest BCUT2D eigenvalue weighted by atomic mass is 32.1. The highest BCUT2D eigenvalue weighted by Crippen LogP contribution is 2.29. The van der Waals surface area contributed by atoms with Crippen LogP contribution in [-0.2, 0) is 17.9 Å². The summed E-state index contributed by atoms with van der Waals surface area (Å²) >= 11 is 1.62. The molecule has 0 saturated heterocycles. The maximum absolute atomic E-state index is 13.1. The lowest BCUT2D eigenvalue weighted by molar-refractivity contribution is -0.133. The van der Waals surface area contributed by atoms with Gasteiger partial charge >= 0.3 is 0 Å². The Morgan fingerprint density at radius 2 is 2.00 bits per heavy atom. The van der Waals surface area contributed by atoms with Crippen LogP contribution >= 0.6 is 11.3 Å². The van der Waals surface area contributed by atoms with Gasteiger partial charge in [0.15, 0.2) is 5.65 Å². The molecule has 8 heteroatoms. The van der Waals surface area contributed by atoms with E-state index in [4.69, 9.17) is 0 Å². The Hall–Kier alpha value is -3.26. The second-order valence-corrected chi connectivity index (χ2v) is 8.98. The number of aromatic nitrogens is 4. The van der Waals surface area contributed by atoms with E-state index >= 15 is 0 Å². The molecule has 7 nitrogen and oxygen atoms in total. The van der Waals surface area contributed by atoms with Gasteiger partial charge in [0, 0.05) is 12.6 Å². The summed E-state index contributed by atoms with van der Waals surface area (Å²) < 4.78 is 3.07. The van der Waals surface area contributed by atoms with Crippen LogP contribution in [0.2, 0.25) is 0 Å². The van der Waals surface area contributed by atoms with Gasteiger partial charge < -0.3 is 4.90 Å². The van der Waals surface area contributed by atoms with E-state index in [0.29, 0.717) is 17.6 Å². The SMILES string of the molecule is Cc1cc(C)cc(-n2ncc3c(=O)n(CC(=O)N(Cc4ccsc4)C4CC4)cnc32)c1. The van der Waals surface area contributed by atoms with E-state index in [2.05, 4.69) is 21.5 Å². The summed E-state index contributed by atoms with van der Waals surface area (Å²) in [4.78, 5) is 32.5. The molecule has 0 bridgehead atoms. The minimum atomic E-state index is -0.250. The summed E-state index contributed by atoms with van der Waals surface area (Å²) in [5.74, 6) is -0.0568. The minimum Gasteiger partial charge on any atom is -0.334 e. The molecule has 3 heterocycles. The molecule has 1 aromatic carbocycles. The van der Waals surface area contributed by atoms with Crippen molar-refractivity contribution < 1.29 is 4.79 Å². The third kappa shape index (κ3) is 3.90. The molecule has 0 aliphatic heterocycles. The molecule has 1 amide bonds. The lowest BCUT2D eigenvalue weighted by atomic mass is 10.1. The molecular weight excluding hydrogens is 410 g/mol.